The number of phenolic OH excluding ortho intramolecular Hbond substituents is 1. The molecular formula is C9H8FIO. The predicted molar refractivity (Wildman–Crippen MR) is 52.8 cm³/mol. The molecule has 1 aliphatic carbocycles. The van der Waals surface area contributed by atoms with E-state index in [1.807, 2.05) is 0 Å². The van der Waals surface area contributed by atoms with Gasteiger partial charge >= 0.3 is 0 Å². The minimum absolute atomic E-state index is 0.136. The van der Waals surface area contributed by atoms with Crippen molar-refractivity contribution in [3.63, 3.8) is 0 Å². The average Bonchev–Trinajstić information content (AvgIpc) is 2.48. The Morgan fingerprint density at radius 2 is 2.00 bits per heavy atom. The lowest BCUT2D eigenvalue weighted by Gasteiger charge is -2.05. The summed E-state index contributed by atoms with van der Waals surface area (Å²) in [7, 11) is 0. The van der Waals surface area contributed by atoms with Gasteiger partial charge in [-0.05, 0) is 53.5 Å². The van der Waals surface area contributed by atoms with E-state index in [0.717, 1.165) is 34.0 Å². The molecule has 64 valence electrons. The van der Waals surface area contributed by atoms with Crippen LogP contribution in [0.2, 0.25) is 0 Å². The summed E-state index contributed by atoms with van der Waals surface area (Å²) in [5, 5.41) is 9.36. The molecule has 0 fully saturated rings. The van der Waals surface area contributed by atoms with E-state index in [1.165, 1.54) is 6.07 Å². The summed E-state index contributed by atoms with van der Waals surface area (Å²) in [5.41, 5.74) is 1.95. The fraction of sp³-hybridized carbons (Fsp3) is 0.333. The number of hydrogen-bond acceptors (Lipinski definition) is 1. The molecule has 0 saturated heterocycles. The number of aromatic hydroxyl groups is 1. The molecule has 0 heterocycles. The molecule has 3 heteroatoms. The van der Waals surface area contributed by atoms with Crippen molar-refractivity contribution in [3.05, 3.63) is 26.6 Å². The highest BCUT2D eigenvalue weighted by Gasteiger charge is 2.20. The van der Waals surface area contributed by atoms with Gasteiger partial charge in [0, 0.05) is 9.13 Å². The lowest BCUT2D eigenvalue weighted by Crippen LogP contribution is -1.91. The third kappa shape index (κ3) is 1.11. The third-order valence-corrected chi connectivity index (χ3v) is 3.23. The molecule has 0 spiro atoms. The van der Waals surface area contributed by atoms with Gasteiger partial charge < -0.3 is 5.11 Å². The third-order valence-electron chi connectivity index (χ3n) is 2.27. The zero-order chi connectivity index (χ0) is 8.72. The molecular weight excluding hydrogens is 270 g/mol. The minimum atomic E-state index is -0.486. The van der Waals surface area contributed by atoms with Crippen LogP contribution in [0.5, 0.6) is 5.75 Å². The Morgan fingerprint density at radius 1 is 1.33 bits per heavy atom. The van der Waals surface area contributed by atoms with Gasteiger partial charge in [0.05, 0.1) is 0 Å². The maximum Gasteiger partial charge on any atom is 0.166 e. The van der Waals surface area contributed by atoms with E-state index in [9.17, 15) is 9.50 Å². The standard InChI is InChI=1S/C9H8FIO/c10-7-4-8(11)5-2-1-3-6(5)9(7)12/h4,12H,1-3H2. The largest absolute Gasteiger partial charge is 0.505 e. The Labute approximate surface area is 83.7 Å². The molecule has 0 radical (unpaired) electrons. The molecule has 0 aliphatic heterocycles. The maximum absolute atomic E-state index is 13.0. The first kappa shape index (κ1) is 8.29. The van der Waals surface area contributed by atoms with Gasteiger partial charge in [0.2, 0.25) is 0 Å². The normalized spacial score (nSPS) is 14.8. The molecule has 1 N–H and O–H groups in total. The highest BCUT2D eigenvalue weighted by atomic mass is 127. The molecule has 0 aromatic heterocycles. The number of benzene rings is 1. The van der Waals surface area contributed by atoms with E-state index < -0.39 is 5.82 Å². The average molecular weight is 278 g/mol. The summed E-state index contributed by atoms with van der Waals surface area (Å²) in [6.45, 7) is 0. The van der Waals surface area contributed by atoms with E-state index in [4.69, 9.17) is 0 Å². The zero-order valence-corrected chi connectivity index (χ0v) is 8.56. The van der Waals surface area contributed by atoms with Crippen molar-refractivity contribution in [2.45, 2.75) is 19.3 Å². The van der Waals surface area contributed by atoms with Crippen molar-refractivity contribution < 1.29 is 9.50 Å². The number of halogens is 2. The quantitative estimate of drug-likeness (QED) is 0.723. The number of rotatable bonds is 0. The Hall–Kier alpha value is -0.320. The topological polar surface area (TPSA) is 20.2 Å². The summed E-state index contributed by atoms with van der Waals surface area (Å²) in [6, 6.07) is 1.40. The monoisotopic (exact) mass is 278 g/mol. The fourth-order valence-corrected chi connectivity index (χ4v) is 2.55. The van der Waals surface area contributed by atoms with E-state index in [1.54, 1.807) is 0 Å². The summed E-state index contributed by atoms with van der Waals surface area (Å²) < 4.78 is 13.9. The molecule has 0 saturated carbocycles. The second kappa shape index (κ2) is 2.87. The second-order valence-electron chi connectivity index (χ2n) is 3.00. The molecule has 1 aromatic carbocycles. The van der Waals surface area contributed by atoms with Crippen LogP contribution in [0, 0.1) is 9.39 Å². The first-order valence-electron chi connectivity index (χ1n) is 3.89. The number of hydrogen-bond donors (Lipinski definition) is 1. The van der Waals surface area contributed by atoms with Gasteiger partial charge in [0.25, 0.3) is 0 Å². The van der Waals surface area contributed by atoms with Gasteiger partial charge in [0.1, 0.15) is 0 Å². The molecule has 1 aliphatic rings. The van der Waals surface area contributed by atoms with Crippen molar-refractivity contribution in [2.24, 2.45) is 0 Å². The summed E-state index contributed by atoms with van der Waals surface area (Å²) in [5.74, 6) is -0.622. The van der Waals surface area contributed by atoms with Crippen LogP contribution >= 0.6 is 22.6 Å². The van der Waals surface area contributed by atoms with E-state index in [0.29, 0.717) is 0 Å². The van der Waals surface area contributed by atoms with Crippen LogP contribution in [0.4, 0.5) is 4.39 Å². The lowest BCUT2D eigenvalue weighted by atomic mass is 10.1. The van der Waals surface area contributed by atoms with Crippen LogP contribution in [0.1, 0.15) is 17.5 Å². The molecule has 12 heavy (non-hydrogen) atoms. The van der Waals surface area contributed by atoms with E-state index >= 15 is 0 Å². The predicted octanol–water partition coefficient (Wildman–Crippen LogP) is 2.62. The Kier molecular flexibility index (Phi) is 1.98. The Balaban J connectivity index is 2.69. The fourth-order valence-electron chi connectivity index (χ4n) is 1.68. The molecule has 2 rings (SSSR count). The van der Waals surface area contributed by atoms with Crippen LogP contribution < -0.4 is 0 Å². The summed E-state index contributed by atoms with van der Waals surface area (Å²) in [6.07, 6.45) is 2.82. The molecule has 1 nitrogen and oxygen atoms in total. The first-order chi connectivity index (χ1) is 5.70. The Bertz CT molecular complexity index is 336. The first-order valence-corrected chi connectivity index (χ1v) is 4.96. The molecule has 0 amide bonds. The maximum atomic E-state index is 13.0. The summed E-state index contributed by atoms with van der Waals surface area (Å²) >= 11 is 2.12. The van der Waals surface area contributed by atoms with Crippen LogP contribution in [-0.2, 0) is 12.8 Å². The van der Waals surface area contributed by atoms with Gasteiger partial charge in [-0.25, -0.2) is 4.39 Å². The van der Waals surface area contributed by atoms with Gasteiger partial charge in [-0.3, -0.25) is 0 Å². The van der Waals surface area contributed by atoms with Crippen LogP contribution in [0.15, 0.2) is 6.07 Å². The number of phenols is 1. The van der Waals surface area contributed by atoms with Crippen molar-refractivity contribution in [1.82, 2.24) is 0 Å². The summed E-state index contributed by atoms with van der Waals surface area (Å²) in [4.78, 5) is 0. The highest BCUT2D eigenvalue weighted by molar-refractivity contribution is 14.1. The van der Waals surface area contributed by atoms with Crippen molar-refractivity contribution in [1.29, 1.82) is 0 Å². The number of fused-ring (bicyclic) bond motifs is 1. The minimum Gasteiger partial charge on any atom is -0.505 e. The molecule has 1 aromatic rings. The van der Waals surface area contributed by atoms with E-state index in [-0.39, 0.29) is 5.75 Å². The van der Waals surface area contributed by atoms with Gasteiger partial charge in [-0.1, -0.05) is 0 Å². The SMILES string of the molecule is Oc1c(F)cc(I)c2c1CCC2. The highest BCUT2D eigenvalue weighted by Crippen LogP contribution is 2.35. The van der Waals surface area contributed by atoms with Crippen molar-refractivity contribution in [2.75, 3.05) is 0 Å². The van der Waals surface area contributed by atoms with Gasteiger partial charge in [-0.2, -0.15) is 0 Å². The molecule has 0 bridgehead atoms. The van der Waals surface area contributed by atoms with Crippen LogP contribution in [0.3, 0.4) is 0 Å². The van der Waals surface area contributed by atoms with Gasteiger partial charge in [0.15, 0.2) is 11.6 Å². The molecule has 0 atom stereocenters. The van der Waals surface area contributed by atoms with Crippen LogP contribution in [-0.4, -0.2) is 5.11 Å². The smallest absolute Gasteiger partial charge is 0.166 e. The zero-order valence-electron chi connectivity index (χ0n) is 6.40. The van der Waals surface area contributed by atoms with E-state index in [2.05, 4.69) is 22.6 Å². The second-order valence-corrected chi connectivity index (χ2v) is 4.16. The molecule has 0 unspecified atom stereocenters. The Morgan fingerprint density at radius 3 is 2.75 bits per heavy atom. The van der Waals surface area contributed by atoms with Crippen LogP contribution in [0.25, 0.3) is 0 Å². The van der Waals surface area contributed by atoms with Crippen molar-refractivity contribution >= 4 is 22.6 Å². The van der Waals surface area contributed by atoms with Gasteiger partial charge in [-0.15, -0.1) is 0 Å². The van der Waals surface area contributed by atoms with Crippen molar-refractivity contribution in [3.8, 4) is 5.75 Å². The lowest BCUT2D eigenvalue weighted by molar-refractivity contribution is 0.426.